The maximum Gasteiger partial charge on any atom is 0.188 e. The highest BCUT2D eigenvalue weighted by atomic mass is 32.1. The monoisotopic (exact) mass is 278 g/mol. The van der Waals surface area contributed by atoms with E-state index in [0.717, 1.165) is 27.3 Å². The molecule has 0 radical (unpaired) electrons. The van der Waals surface area contributed by atoms with Crippen LogP contribution in [0.2, 0.25) is 0 Å². The van der Waals surface area contributed by atoms with Crippen LogP contribution in [0, 0.1) is 0 Å². The highest BCUT2D eigenvalue weighted by Crippen LogP contribution is 2.30. The molecule has 0 atom stereocenters. The molecule has 0 N–H and O–H groups in total. The highest BCUT2D eigenvalue weighted by molar-refractivity contribution is 7.13. The van der Waals surface area contributed by atoms with E-state index in [1.54, 1.807) is 6.33 Å². The number of hydrogen-bond acceptors (Lipinski definition) is 4. The van der Waals surface area contributed by atoms with E-state index < -0.39 is 0 Å². The van der Waals surface area contributed by atoms with E-state index in [2.05, 4.69) is 26.7 Å². The van der Waals surface area contributed by atoms with Gasteiger partial charge in [0, 0.05) is 11.1 Å². The fourth-order valence-corrected chi connectivity index (χ4v) is 2.99. The first-order chi connectivity index (χ1) is 9.93. The number of nitrogens with zero attached hydrogens (tertiary/aromatic N) is 4. The summed E-state index contributed by atoms with van der Waals surface area (Å²) in [6.07, 6.45) is 1.72. The Hall–Kier alpha value is -2.53. The van der Waals surface area contributed by atoms with Gasteiger partial charge in [-0.15, -0.1) is 10.2 Å². The molecule has 96 valence electrons. The van der Waals surface area contributed by atoms with Gasteiger partial charge in [-0.2, -0.15) is 4.37 Å². The number of para-hydroxylation sites is 1. The van der Waals surface area contributed by atoms with Crippen molar-refractivity contribution in [1.29, 1.82) is 0 Å². The van der Waals surface area contributed by atoms with Gasteiger partial charge in [-0.25, -0.2) is 0 Å². The second-order valence-electron chi connectivity index (χ2n) is 4.39. The van der Waals surface area contributed by atoms with Crippen molar-refractivity contribution in [2.24, 2.45) is 0 Å². The van der Waals surface area contributed by atoms with E-state index >= 15 is 0 Å². The molecule has 0 aliphatic rings. The minimum Gasteiger partial charge on any atom is -0.280 e. The second kappa shape index (κ2) is 4.54. The first-order valence-corrected chi connectivity index (χ1v) is 7.01. The molecule has 5 heteroatoms. The van der Waals surface area contributed by atoms with Gasteiger partial charge in [0.2, 0.25) is 0 Å². The summed E-state index contributed by atoms with van der Waals surface area (Å²) in [6, 6.07) is 18.2. The number of fused-ring (bicyclic) bond motifs is 1. The minimum atomic E-state index is 0.772. The molecule has 0 spiro atoms. The van der Waals surface area contributed by atoms with Crippen LogP contribution in [-0.4, -0.2) is 19.1 Å². The molecule has 4 aromatic rings. The van der Waals surface area contributed by atoms with E-state index in [4.69, 9.17) is 0 Å². The predicted molar refractivity (Wildman–Crippen MR) is 80.0 cm³/mol. The van der Waals surface area contributed by atoms with Gasteiger partial charge < -0.3 is 0 Å². The molecule has 0 unspecified atom stereocenters. The summed E-state index contributed by atoms with van der Waals surface area (Å²) >= 11 is 1.48. The Morgan fingerprint density at radius 1 is 0.900 bits per heavy atom. The van der Waals surface area contributed by atoms with E-state index in [1.165, 1.54) is 11.5 Å². The van der Waals surface area contributed by atoms with Gasteiger partial charge in [-0.1, -0.05) is 36.4 Å². The summed E-state index contributed by atoms with van der Waals surface area (Å²) in [7, 11) is 0. The van der Waals surface area contributed by atoms with Crippen molar-refractivity contribution < 1.29 is 0 Å². The fourth-order valence-electron chi connectivity index (χ4n) is 2.22. The van der Waals surface area contributed by atoms with Gasteiger partial charge in [-0.05, 0) is 29.7 Å². The first-order valence-electron chi connectivity index (χ1n) is 6.24. The third kappa shape index (κ3) is 1.71. The summed E-state index contributed by atoms with van der Waals surface area (Å²) in [5.41, 5.74) is 1.91. The minimum absolute atomic E-state index is 0.772. The largest absolute Gasteiger partial charge is 0.280 e. The van der Waals surface area contributed by atoms with Crippen molar-refractivity contribution in [2.75, 3.05) is 0 Å². The average molecular weight is 278 g/mol. The molecule has 2 heterocycles. The quantitative estimate of drug-likeness (QED) is 0.563. The Morgan fingerprint density at radius 2 is 1.70 bits per heavy atom. The number of rotatable bonds is 2. The lowest BCUT2D eigenvalue weighted by Gasteiger charge is -2.04. The Bertz CT molecular complexity index is 864. The Morgan fingerprint density at radius 3 is 2.60 bits per heavy atom. The van der Waals surface area contributed by atoms with Crippen LogP contribution < -0.4 is 0 Å². The maximum absolute atomic E-state index is 4.54. The first kappa shape index (κ1) is 11.3. The molecule has 4 nitrogen and oxygen atoms in total. The molecule has 0 saturated heterocycles. The molecule has 20 heavy (non-hydrogen) atoms. The molecule has 0 saturated carbocycles. The van der Waals surface area contributed by atoms with Gasteiger partial charge in [-0.3, -0.25) is 4.57 Å². The topological polar surface area (TPSA) is 43.6 Å². The molecule has 0 aliphatic carbocycles. The van der Waals surface area contributed by atoms with Crippen molar-refractivity contribution >= 4 is 21.6 Å². The zero-order valence-corrected chi connectivity index (χ0v) is 11.3. The standard InChI is InChI=1S/C15H10N4S/c1-2-6-11(7-3-1)19-10-16-17-15(19)14-12-8-4-5-9-13(12)20-18-14/h1-10H. The van der Waals surface area contributed by atoms with Crippen LogP contribution in [0.4, 0.5) is 0 Å². The molecular weight excluding hydrogens is 268 g/mol. The maximum atomic E-state index is 4.54. The second-order valence-corrected chi connectivity index (χ2v) is 5.19. The SMILES string of the molecule is c1ccc(-n2cnnc2-c2nsc3ccccc23)cc1. The van der Waals surface area contributed by atoms with E-state index in [0.29, 0.717) is 0 Å². The summed E-state index contributed by atoms with van der Waals surface area (Å²) in [5, 5.41) is 9.39. The van der Waals surface area contributed by atoms with Gasteiger partial charge in [0.1, 0.15) is 12.0 Å². The Labute approximate surface area is 119 Å². The van der Waals surface area contributed by atoms with Gasteiger partial charge in [0.05, 0.1) is 4.70 Å². The Kier molecular flexibility index (Phi) is 2.57. The fraction of sp³-hybridized carbons (Fsp3) is 0. The number of benzene rings is 2. The van der Waals surface area contributed by atoms with Crippen LogP contribution in [0.5, 0.6) is 0 Å². The van der Waals surface area contributed by atoms with Crippen LogP contribution in [0.3, 0.4) is 0 Å². The van der Waals surface area contributed by atoms with Crippen molar-refractivity contribution in [3.8, 4) is 17.2 Å². The van der Waals surface area contributed by atoms with Gasteiger partial charge in [0.25, 0.3) is 0 Å². The summed E-state index contributed by atoms with van der Waals surface area (Å²) < 4.78 is 7.66. The lowest BCUT2D eigenvalue weighted by Crippen LogP contribution is -1.96. The van der Waals surface area contributed by atoms with Crippen molar-refractivity contribution in [1.82, 2.24) is 19.1 Å². The highest BCUT2D eigenvalue weighted by Gasteiger charge is 2.15. The number of aromatic nitrogens is 4. The average Bonchev–Trinajstić information content (AvgIpc) is 3.14. The summed E-state index contributed by atoms with van der Waals surface area (Å²) in [4.78, 5) is 0. The molecule has 2 aromatic carbocycles. The lowest BCUT2D eigenvalue weighted by atomic mass is 10.2. The van der Waals surface area contributed by atoms with Crippen LogP contribution in [0.15, 0.2) is 60.9 Å². The molecule has 0 aliphatic heterocycles. The van der Waals surface area contributed by atoms with Crippen LogP contribution in [0.25, 0.3) is 27.3 Å². The van der Waals surface area contributed by atoms with Crippen molar-refractivity contribution in [3.63, 3.8) is 0 Å². The predicted octanol–water partition coefficient (Wildman–Crippen LogP) is 3.54. The molecule has 0 fully saturated rings. The smallest absolute Gasteiger partial charge is 0.188 e. The van der Waals surface area contributed by atoms with E-state index in [-0.39, 0.29) is 0 Å². The third-order valence-corrected chi connectivity index (χ3v) is 4.00. The van der Waals surface area contributed by atoms with Crippen LogP contribution in [0.1, 0.15) is 0 Å². The Balaban J connectivity index is 1.94. The zero-order valence-electron chi connectivity index (χ0n) is 10.5. The summed E-state index contributed by atoms with van der Waals surface area (Å²) in [6.45, 7) is 0. The molecule has 0 bridgehead atoms. The van der Waals surface area contributed by atoms with Gasteiger partial charge >= 0.3 is 0 Å². The number of hydrogen-bond donors (Lipinski definition) is 0. The molecule has 4 rings (SSSR count). The third-order valence-electron chi connectivity index (χ3n) is 3.17. The molecule has 0 amide bonds. The van der Waals surface area contributed by atoms with E-state index in [9.17, 15) is 0 Å². The van der Waals surface area contributed by atoms with Crippen LogP contribution >= 0.6 is 11.5 Å². The molecular formula is C15H10N4S. The van der Waals surface area contributed by atoms with E-state index in [1.807, 2.05) is 47.0 Å². The lowest BCUT2D eigenvalue weighted by molar-refractivity contribution is 1.06. The normalized spacial score (nSPS) is 11.0. The van der Waals surface area contributed by atoms with Gasteiger partial charge in [0.15, 0.2) is 5.82 Å². The van der Waals surface area contributed by atoms with Crippen molar-refractivity contribution in [3.05, 3.63) is 60.9 Å². The zero-order chi connectivity index (χ0) is 13.4. The van der Waals surface area contributed by atoms with Crippen molar-refractivity contribution in [2.45, 2.75) is 0 Å². The molecule has 2 aromatic heterocycles. The van der Waals surface area contributed by atoms with Crippen LogP contribution in [-0.2, 0) is 0 Å². The summed E-state index contributed by atoms with van der Waals surface area (Å²) in [5.74, 6) is 0.772.